The molecule has 1 amide bonds. The third-order valence-electron chi connectivity index (χ3n) is 3.70. The molecule has 1 aliphatic carbocycles. The fourth-order valence-electron chi connectivity index (χ4n) is 2.57. The van der Waals surface area contributed by atoms with Crippen LogP contribution in [0.2, 0.25) is 0 Å². The number of carbonyl (C=O) groups excluding carboxylic acids is 1. The van der Waals surface area contributed by atoms with E-state index in [1.54, 1.807) is 11.8 Å². The van der Waals surface area contributed by atoms with Gasteiger partial charge in [0.1, 0.15) is 9.84 Å². The lowest BCUT2D eigenvalue weighted by Crippen LogP contribution is -2.58. The monoisotopic (exact) mass is 322 g/mol. The fourth-order valence-corrected chi connectivity index (χ4v) is 5.23. The number of hydrogen-bond acceptors (Lipinski definition) is 5. The molecular formula is C13H26N2O3S2. The van der Waals surface area contributed by atoms with E-state index in [9.17, 15) is 13.2 Å². The average molecular weight is 322 g/mol. The Morgan fingerprint density at radius 3 is 2.75 bits per heavy atom. The zero-order chi connectivity index (χ0) is 15.2. The van der Waals surface area contributed by atoms with Gasteiger partial charge in [-0.05, 0) is 38.6 Å². The highest BCUT2D eigenvalue weighted by molar-refractivity contribution is 8.01. The van der Waals surface area contributed by atoms with Crippen molar-refractivity contribution in [3.8, 4) is 0 Å². The number of nitrogens with one attached hydrogen (secondary N) is 1. The first-order chi connectivity index (χ1) is 9.29. The molecule has 0 aromatic carbocycles. The molecule has 0 saturated heterocycles. The van der Waals surface area contributed by atoms with Gasteiger partial charge in [0.05, 0.1) is 11.3 Å². The number of amides is 1. The van der Waals surface area contributed by atoms with Gasteiger partial charge < -0.3 is 11.1 Å². The number of primary amides is 1. The second-order valence-electron chi connectivity index (χ2n) is 5.59. The molecule has 2 unspecified atom stereocenters. The van der Waals surface area contributed by atoms with Crippen LogP contribution in [0.4, 0.5) is 0 Å². The number of rotatable bonds is 8. The van der Waals surface area contributed by atoms with E-state index in [0.29, 0.717) is 17.4 Å². The van der Waals surface area contributed by atoms with Crippen molar-refractivity contribution in [2.45, 2.75) is 49.8 Å². The number of carbonyl (C=O) groups is 1. The predicted molar refractivity (Wildman–Crippen MR) is 84.6 cm³/mol. The van der Waals surface area contributed by atoms with Crippen LogP contribution in [0.1, 0.15) is 39.0 Å². The fraction of sp³-hybridized carbons (Fsp3) is 0.923. The number of thioether (sulfide) groups is 1. The molecule has 0 bridgehead atoms. The van der Waals surface area contributed by atoms with Crippen molar-refractivity contribution < 1.29 is 13.2 Å². The van der Waals surface area contributed by atoms with Crippen LogP contribution in [-0.4, -0.2) is 49.4 Å². The molecule has 2 atom stereocenters. The van der Waals surface area contributed by atoms with E-state index in [1.165, 1.54) is 6.26 Å². The smallest absolute Gasteiger partial charge is 0.237 e. The summed E-state index contributed by atoms with van der Waals surface area (Å²) in [5.41, 5.74) is 5.00. The first-order valence-corrected chi connectivity index (χ1v) is 10.2. The average Bonchev–Trinajstić information content (AvgIpc) is 2.35. The second kappa shape index (κ2) is 7.66. The molecule has 0 aliphatic heterocycles. The highest BCUT2D eigenvalue weighted by Gasteiger charge is 2.40. The molecule has 0 aromatic heterocycles. The van der Waals surface area contributed by atoms with Crippen molar-refractivity contribution in [1.82, 2.24) is 5.32 Å². The molecule has 0 radical (unpaired) electrons. The SMILES string of the molecule is CCCNC1(C(N)=O)CCCC(SCCS(C)(=O)=O)C1. The molecule has 5 nitrogen and oxygen atoms in total. The summed E-state index contributed by atoms with van der Waals surface area (Å²) in [4.78, 5) is 11.8. The molecule has 118 valence electrons. The normalized spacial score (nSPS) is 27.4. The molecular weight excluding hydrogens is 296 g/mol. The predicted octanol–water partition coefficient (Wildman–Crippen LogP) is 0.931. The third kappa shape index (κ3) is 5.61. The van der Waals surface area contributed by atoms with Crippen LogP contribution < -0.4 is 11.1 Å². The van der Waals surface area contributed by atoms with Crippen LogP contribution in [0.15, 0.2) is 0 Å². The van der Waals surface area contributed by atoms with Crippen LogP contribution in [-0.2, 0) is 14.6 Å². The van der Waals surface area contributed by atoms with Gasteiger partial charge in [-0.3, -0.25) is 4.79 Å². The van der Waals surface area contributed by atoms with Crippen LogP contribution in [0.3, 0.4) is 0 Å². The molecule has 1 fully saturated rings. The van der Waals surface area contributed by atoms with Crippen molar-refractivity contribution in [1.29, 1.82) is 0 Å². The van der Waals surface area contributed by atoms with Crippen LogP contribution >= 0.6 is 11.8 Å². The number of hydrogen-bond donors (Lipinski definition) is 2. The maximum absolute atomic E-state index is 11.8. The van der Waals surface area contributed by atoms with E-state index in [0.717, 1.165) is 32.2 Å². The van der Waals surface area contributed by atoms with Crippen molar-refractivity contribution >= 4 is 27.5 Å². The van der Waals surface area contributed by atoms with E-state index in [2.05, 4.69) is 12.2 Å². The highest BCUT2D eigenvalue weighted by Crippen LogP contribution is 2.35. The van der Waals surface area contributed by atoms with Crippen LogP contribution in [0.5, 0.6) is 0 Å². The Morgan fingerprint density at radius 2 is 2.20 bits per heavy atom. The summed E-state index contributed by atoms with van der Waals surface area (Å²) in [7, 11) is -2.91. The summed E-state index contributed by atoms with van der Waals surface area (Å²) in [6.07, 6.45) is 5.68. The third-order valence-corrected chi connectivity index (χ3v) is 6.22. The zero-order valence-electron chi connectivity index (χ0n) is 12.4. The van der Waals surface area contributed by atoms with Crippen LogP contribution in [0.25, 0.3) is 0 Å². The topological polar surface area (TPSA) is 89.3 Å². The summed E-state index contributed by atoms with van der Waals surface area (Å²) in [6, 6.07) is 0. The molecule has 1 rings (SSSR count). The Balaban J connectivity index is 2.56. The van der Waals surface area contributed by atoms with Gasteiger partial charge in [0, 0.05) is 17.3 Å². The molecule has 1 aliphatic rings. The lowest BCUT2D eigenvalue weighted by Gasteiger charge is -2.39. The Bertz CT molecular complexity index is 425. The first-order valence-electron chi connectivity index (χ1n) is 7.13. The number of nitrogens with two attached hydrogens (primary N) is 1. The van der Waals surface area contributed by atoms with Gasteiger partial charge in [-0.1, -0.05) is 6.92 Å². The van der Waals surface area contributed by atoms with Crippen molar-refractivity contribution in [3.63, 3.8) is 0 Å². The Labute approximate surface area is 126 Å². The largest absolute Gasteiger partial charge is 0.368 e. The van der Waals surface area contributed by atoms with Crippen molar-refractivity contribution in [3.05, 3.63) is 0 Å². The summed E-state index contributed by atoms with van der Waals surface area (Å²) >= 11 is 1.65. The Morgan fingerprint density at radius 1 is 1.50 bits per heavy atom. The lowest BCUT2D eigenvalue weighted by molar-refractivity contribution is -0.125. The lowest BCUT2D eigenvalue weighted by atomic mass is 9.80. The van der Waals surface area contributed by atoms with E-state index >= 15 is 0 Å². The minimum atomic E-state index is -2.91. The van der Waals surface area contributed by atoms with Gasteiger partial charge in [-0.25, -0.2) is 8.42 Å². The van der Waals surface area contributed by atoms with Gasteiger partial charge in [0.15, 0.2) is 0 Å². The minimum absolute atomic E-state index is 0.195. The van der Waals surface area contributed by atoms with Gasteiger partial charge in [0.25, 0.3) is 0 Å². The summed E-state index contributed by atoms with van der Waals surface area (Å²) in [5, 5.41) is 3.62. The molecule has 0 heterocycles. The quantitative estimate of drug-likeness (QED) is 0.694. The second-order valence-corrected chi connectivity index (χ2v) is 9.26. The van der Waals surface area contributed by atoms with Crippen LogP contribution in [0, 0.1) is 0 Å². The molecule has 0 aromatic rings. The van der Waals surface area contributed by atoms with Crippen molar-refractivity contribution in [2.24, 2.45) is 5.73 Å². The van der Waals surface area contributed by atoms with E-state index in [1.807, 2.05) is 0 Å². The summed E-state index contributed by atoms with van der Waals surface area (Å²) in [6.45, 7) is 2.84. The Hall–Kier alpha value is -0.270. The van der Waals surface area contributed by atoms with Gasteiger partial charge in [0.2, 0.25) is 5.91 Å². The standard InChI is InChI=1S/C13H26N2O3S2/c1-3-7-15-13(12(14)16)6-4-5-11(10-13)19-8-9-20(2,17)18/h11,15H,3-10H2,1-2H3,(H2,14,16). The van der Waals surface area contributed by atoms with E-state index < -0.39 is 15.4 Å². The molecule has 20 heavy (non-hydrogen) atoms. The minimum Gasteiger partial charge on any atom is -0.368 e. The molecule has 7 heteroatoms. The van der Waals surface area contributed by atoms with E-state index in [-0.39, 0.29) is 11.7 Å². The maximum atomic E-state index is 11.8. The van der Waals surface area contributed by atoms with E-state index in [4.69, 9.17) is 5.73 Å². The van der Waals surface area contributed by atoms with Gasteiger partial charge in [-0.2, -0.15) is 11.8 Å². The maximum Gasteiger partial charge on any atom is 0.237 e. The summed E-state index contributed by atoms with van der Waals surface area (Å²) in [5.74, 6) is 0.506. The first kappa shape index (κ1) is 17.8. The van der Waals surface area contributed by atoms with Gasteiger partial charge in [-0.15, -0.1) is 0 Å². The number of sulfone groups is 1. The highest BCUT2D eigenvalue weighted by atomic mass is 32.2. The molecule has 1 saturated carbocycles. The molecule has 0 spiro atoms. The zero-order valence-corrected chi connectivity index (χ0v) is 14.0. The van der Waals surface area contributed by atoms with Gasteiger partial charge >= 0.3 is 0 Å². The Kier molecular flexibility index (Phi) is 6.81. The molecule has 3 N–H and O–H groups in total. The summed E-state index contributed by atoms with van der Waals surface area (Å²) < 4.78 is 22.3. The van der Waals surface area contributed by atoms with Crippen molar-refractivity contribution in [2.75, 3.05) is 24.3 Å².